The van der Waals surface area contributed by atoms with Gasteiger partial charge in [0.2, 0.25) is 0 Å². The van der Waals surface area contributed by atoms with Gasteiger partial charge in [0.15, 0.2) is 0 Å². The number of aromatic nitrogens is 1. The Labute approximate surface area is 182 Å². The summed E-state index contributed by atoms with van der Waals surface area (Å²) >= 11 is 0. The van der Waals surface area contributed by atoms with Crippen molar-refractivity contribution < 1.29 is 23.8 Å². The number of carboxylic acid groups (broad SMARTS) is 1. The van der Waals surface area contributed by atoms with Gasteiger partial charge in [-0.1, -0.05) is 0 Å². The average molecular weight is 428 g/mol. The Morgan fingerprint density at radius 3 is 2.58 bits per heavy atom. The molecule has 31 heavy (non-hydrogen) atoms. The molecule has 2 aromatic rings. The zero-order chi connectivity index (χ0) is 21.8. The van der Waals surface area contributed by atoms with Crippen molar-refractivity contribution in [2.75, 3.05) is 13.7 Å². The number of carbonyl (C=O) groups is 1. The van der Waals surface area contributed by atoms with Crippen LogP contribution in [-0.2, 0) is 4.79 Å². The molecule has 4 rings (SSSR count). The molecule has 1 aromatic heterocycles. The molecule has 1 aromatic carbocycles. The molecule has 0 amide bonds. The number of rotatable bonds is 9. The minimum Gasteiger partial charge on any atom is -0.497 e. The van der Waals surface area contributed by atoms with Gasteiger partial charge in [-0.05, 0) is 86.1 Å². The summed E-state index contributed by atoms with van der Waals surface area (Å²) in [4.78, 5) is 15.7. The Bertz CT molecular complexity index is 906. The van der Waals surface area contributed by atoms with Crippen LogP contribution in [0.2, 0.25) is 0 Å². The number of methoxy groups -OCH3 is 1. The number of benzene rings is 1. The lowest BCUT2D eigenvalue weighted by Crippen LogP contribution is -2.20. The maximum atomic E-state index is 14.3. The van der Waals surface area contributed by atoms with Crippen molar-refractivity contribution in [2.24, 2.45) is 11.8 Å². The highest BCUT2D eigenvalue weighted by atomic mass is 19.1. The molecule has 2 saturated carbocycles. The number of aliphatic carboxylic acids is 1. The molecule has 2 fully saturated rings. The first-order valence-corrected chi connectivity index (χ1v) is 11.2. The number of halogens is 1. The summed E-state index contributed by atoms with van der Waals surface area (Å²) < 4.78 is 25.6. The summed E-state index contributed by atoms with van der Waals surface area (Å²) in [6.07, 6.45) is 7.82. The minimum atomic E-state index is -0.783. The third-order valence-corrected chi connectivity index (χ3v) is 6.69. The SMILES string of the molecule is COc1ccc(F)c(C2CCC(COc3ccnc(C(CC(=O)O)C4CC4)c3)CC2)c1. The standard InChI is InChI=1S/C25H30FNO4/c1-30-19-8-9-23(26)21(12-19)17-4-2-16(3-5-17)15-31-20-10-11-27-24(13-20)22(14-25(28)29)18-6-7-18/h8-13,16-18,22H,2-7,14-15H2,1H3,(H,28,29). The van der Waals surface area contributed by atoms with E-state index in [1.54, 1.807) is 19.4 Å². The van der Waals surface area contributed by atoms with Gasteiger partial charge < -0.3 is 14.6 Å². The topological polar surface area (TPSA) is 68.7 Å². The molecule has 0 aliphatic heterocycles. The van der Waals surface area contributed by atoms with Gasteiger partial charge in [0, 0.05) is 23.9 Å². The second-order valence-corrected chi connectivity index (χ2v) is 8.87. The Hall–Kier alpha value is -2.63. The monoisotopic (exact) mass is 427 g/mol. The number of hydrogen-bond donors (Lipinski definition) is 1. The van der Waals surface area contributed by atoms with E-state index in [1.165, 1.54) is 6.07 Å². The quantitative estimate of drug-likeness (QED) is 0.568. The van der Waals surface area contributed by atoms with E-state index in [9.17, 15) is 14.3 Å². The third kappa shape index (κ3) is 5.54. The molecule has 0 saturated heterocycles. The van der Waals surface area contributed by atoms with Gasteiger partial charge in [-0.2, -0.15) is 0 Å². The smallest absolute Gasteiger partial charge is 0.304 e. The van der Waals surface area contributed by atoms with Gasteiger partial charge in [0.05, 0.1) is 20.1 Å². The first-order chi connectivity index (χ1) is 15.0. The van der Waals surface area contributed by atoms with Crippen LogP contribution in [0.3, 0.4) is 0 Å². The summed E-state index contributed by atoms with van der Waals surface area (Å²) in [6.45, 7) is 0.615. The van der Waals surface area contributed by atoms with E-state index in [1.807, 2.05) is 18.2 Å². The van der Waals surface area contributed by atoms with E-state index >= 15 is 0 Å². The van der Waals surface area contributed by atoms with E-state index in [2.05, 4.69) is 4.98 Å². The number of ether oxygens (including phenoxy) is 2. The van der Waals surface area contributed by atoms with Crippen LogP contribution < -0.4 is 9.47 Å². The molecule has 1 atom stereocenters. The molecule has 2 aliphatic rings. The molecular formula is C25H30FNO4. The first kappa shape index (κ1) is 21.6. The van der Waals surface area contributed by atoms with Crippen LogP contribution in [0.5, 0.6) is 11.5 Å². The molecule has 5 nitrogen and oxygen atoms in total. The van der Waals surface area contributed by atoms with Crippen molar-refractivity contribution in [3.05, 3.63) is 53.6 Å². The second-order valence-electron chi connectivity index (χ2n) is 8.87. The van der Waals surface area contributed by atoms with Crippen LogP contribution in [0.15, 0.2) is 36.5 Å². The van der Waals surface area contributed by atoms with Crippen molar-refractivity contribution >= 4 is 5.97 Å². The molecule has 166 valence electrons. The van der Waals surface area contributed by atoms with Gasteiger partial charge >= 0.3 is 5.97 Å². The minimum absolute atomic E-state index is 0.0331. The fourth-order valence-electron chi connectivity index (χ4n) is 4.74. The number of carboxylic acids is 1. The Morgan fingerprint density at radius 1 is 1.13 bits per heavy atom. The van der Waals surface area contributed by atoms with Gasteiger partial charge in [-0.25, -0.2) is 4.39 Å². The van der Waals surface area contributed by atoms with E-state index < -0.39 is 5.97 Å². The lowest BCUT2D eigenvalue weighted by atomic mass is 9.79. The first-order valence-electron chi connectivity index (χ1n) is 11.2. The molecule has 1 unspecified atom stereocenters. The largest absolute Gasteiger partial charge is 0.497 e. The highest BCUT2D eigenvalue weighted by Gasteiger charge is 2.35. The summed E-state index contributed by atoms with van der Waals surface area (Å²) in [5.74, 6) is 1.55. The fourth-order valence-corrected chi connectivity index (χ4v) is 4.74. The summed E-state index contributed by atoms with van der Waals surface area (Å²) in [5.41, 5.74) is 1.57. The van der Waals surface area contributed by atoms with Gasteiger partial charge in [0.1, 0.15) is 17.3 Å². The predicted molar refractivity (Wildman–Crippen MR) is 115 cm³/mol. The number of nitrogens with zero attached hydrogens (tertiary/aromatic N) is 1. The third-order valence-electron chi connectivity index (χ3n) is 6.69. The van der Waals surface area contributed by atoms with Crippen molar-refractivity contribution in [3.63, 3.8) is 0 Å². The summed E-state index contributed by atoms with van der Waals surface area (Å²) in [5, 5.41) is 9.23. The summed E-state index contributed by atoms with van der Waals surface area (Å²) in [7, 11) is 1.60. The van der Waals surface area contributed by atoms with Gasteiger partial charge in [0.25, 0.3) is 0 Å². The van der Waals surface area contributed by atoms with E-state index in [4.69, 9.17) is 9.47 Å². The predicted octanol–water partition coefficient (Wildman–Crippen LogP) is 5.55. The van der Waals surface area contributed by atoms with Crippen LogP contribution in [0.25, 0.3) is 0 Å². The van der Waals surface area contributed by atoms with Crippen molar-refractivity contribution in [3.8, 4) is 11.5 Å². The van der Waals surface area contributed by atoms with Gasteiger partial charge in [-0.3, -0.25) is 9.78 Å². The van der Waals surface area contributed by atoms with Crippen LogP contribution in [-0.4, -0.2) is 29.8 Å². The molecule has 1 N–H and O–H groups in total. The van der Waals surface area contributed by atoms with E-state index in [0.29, 0.717) is 24.2 Å². The average Bonchev–Trinajstić information content (AvgIpc) is 3.62. The van der Waals surface area contributed by atoms with Crippen molar-refractivity contribution in [1.29, 1.82) is 0 Å². The van der Waals surface area contributed by atoms with Crippen LogP contribution in [0.4, 0.5) is 4.39 Å². The maximum absolute atomic E-state index is 14.3. The highest BCUT2D eigenvalue weighted by Crippen LogP contribution is 2.44. The Balaban J connectivity index is 1.31. The molecule has 1 heterocycles. The zero-order valence-corrected chi connectivity index (χ0v) is 17.9. The Kier molecular flexibility index (Phi) is 6.73. The second kappa shape index (κ2) is 9.67. The summed E-state index contributed by atoms with van der Waals surface area (Å²) in [6, 6.07) is 8.71. The molecule has 0 bridgehead atoms. The van der Waals surface area contributed by atoms with Gasteiger partial charge in [-0.15, -0.1) is 0 Å². The van der Waals surface area contributed by atoms with Crippen LogP contribution >= 0.6 is 0 Å². The van der Waals surface area contributed by atoms with Crippen molar-refractivity contribution in [2.45, 2.75) is 56.8 Å². The van der Waals surface area contributed by atoms with E-state index in [0.717, 1.165) is 55.5 Å². The molecular weight excluding hydrogens is 397 g/mol. The maximum Gasteiger partial charge on any atom is 0.304 e. The zero-order valence-electron chi connectivity index (χ0n) is 17.9. The molecule has 2 aliphatic carbocycles. The molecule has 0 spiro atoms. The van der Waals surface area contributed by atoms with Crippen LogP contribution in [0, 0.1) is 17.7 Å². The van der Waals surface area contributed by atoms with Crippen LogP contribution in [0.1, 0.15) is 68.0 Å². The normalized spacial score (nSPS) is 22.0. The highest BCUT2D eigenvalue weighted by molar-refractivity contribution is 5.68. The Morgan fingerprint density at radius 2 is 1.90 bits per heavy atom. The molecule has 0 radical (unpaired) electrons. The fraction of sp³-hybridized carbons (Fsp3) is 0.520. The lowest BCUT2D eigenvalue weighted by Gasteiger charge is -2.29. The number of pyridine rings is 1. The lowest BCUT2D eigenvalue weighted by molar-refractivity contribution is -0.137. The number of hydrogen-bond acceptors (Lipinski definition) is 4. The van der Waals surface area contributed by atoms with Crippen molar-refractivity contribution in [1.82, 2.24) is 4.98 Å². The molecule has 6 heteroatoms. The van der Waals surface area contributed by atoms with E-state index in [-0.39, 0.29) is 24.1 Å².